The summed E-state index contributed by atoms with van der Waals surface area (Å²) in [5.74, 6) is 0.729. The molecule has 4 nitrogen and oxygen atoms in total. The van der Waals surface area contributed by atoms with Crippen molar-refractivity contribution in [3.63, 3.8) is 0 Å². The minimum absolute atomic E-state index is 0.0766. The van der Waals surface area contributed by atoms with Crippen LogP contribution in [0.2, 0.25) is 0 Å². The molecule has 0 saturated carbocycles. The second-order valence-corrected chi connectivity index (χ2v) is 5.85. The maximum Gasteiger partial charge on any atom is 0.253 e. The summed E-state index contributed by atoms with van der Waals surface area (Å²) >= 11 is 1.68. The molecule has 2 rings (SSSR count). The topological polar surface area (TPSA) is 54.0 Å². The second-order valence-electron chi connectivity index (χ2n) is 5.07. The number of anilines is 1. The number of nitrogens with zero attached hydrogens (tertiary/aromatic N) is 1. The van der Waals surface area contributed by atoms with Crippen molar-refractivity contribution in [1.82, 2.24) is 10.3 Å². The monoisotopic (exact) mass is 303 g/mol. The molecule has 0 saturated heterocycles. The average molecular weight is 303 g/mol. The molecule has 21 heavy (non-hydrogen) atoms. The molecule has 0 bridgehead atoms. The number of thiophene rings is 1. The summed E-state index contributed by atoms with van der Waals surface area (Å²) in [7, 11) is 0. The van der Waals surface area contributed by atoms with Gasteiger partial charge in [-0.2, -0.15) is 11.3 Å². The number of nitrogens with one attached hydrogen (secondary N) is 2. The van der Waals surface area contributed by atoms with E-state index in [1.54, 1.807) is 23.6 Å². The van der Waals surface area contributed by atoms with E-state index in [2.05, 4.69) is 39.4 Å². The highest BCUT2D eigenvalue weighted by Gasteiger charge is 2.11. The van der Waals surface area contributed by atoms with Crippen molar-refractivity contribution in [3.8, 4) is 0 Å². The van der Waals surface area contributed by atoms with E-state index in [1.807, 2.05) is 13.0 Å². The molecule has 1 atom stereocenters. The summed E-state index contributed by atoms with van der Waals surface area (Å²) in [5, 5.41) is 10.4. The first kappa shape index (κ1) is 15.5. The van der Waals surface area contributed by atoms with Gasteiger partial charge in [0.2, 0.25) is 0 Å². The number of pyridine rings is 1. The van der Waals surface area contributed by atoms with E-state index in [1.165, 1.54) is 5.56 Å². The van der Waals surface area contributed by atoms with Gasteiger partial charge in [0.05, 0.1) is 5.56 Å². The molecule has 2 heterocycles. The highest BCUT2D eigenvalue weighted by molar-refractivity contribution is 7.07. The normalized spacial score (nSPS) is 11.9. The van der Waals surface area contributed by atoms with E-state index < -0.39 is 0 Å². The lowest BCUT2D eigenvalue weighted by molar-refractivity contribution is 0.0940. The molecule has 112 valence electrons. The molecule has 2 N–H and O–H groups in total. The summed E-state index contributed by atoms with van der Waals surface area (Å²) in [4.78, 5) is 16.4. The molecule has 5 heteroatoms. The number of amides is 1. The van der Waals surface area contributed by atoms with Gasteiger partial charge in [0.15, 0.2) is 0 Å². The SMILES string of the molecule is CCCNc1ccc(C(=O)NC(C)Cc2ccsc2)cn1. The van der Waals surface area contributed by atoms with E-state index in [4.69, 9.17) is 0 Å². The summed E-state index contributed by atoms with van der Waals surface area (Å²) in [6.07, 6.45) is 3.51. The number of carbonyl (C=O) groups excluding carboxylic acids is 1. The maximum absolute atomic E-state index is 12.1. The standard InChI is InChI=1S/C16H21N3OS/c1-3-7-17-15-5-4-14(10-18-15)16(20)19-12(2)9-13-6-8-21-11-13/h4-6,8,10-12H,3,7,9H2,1-2H3,(H,17,18)(H,19,20). The van der Waals surface area contributed by atoms with Crippen LogP contribution in [0.1, 0.15) is 36.2 Å². The molecule has 1 unspecified atom stereocenters. The Labute approximate surface area is 129 Å². The highest BCUT2D eigenvalue weighted by Crippen LogP contribution is 2.10. The van der Waals surface area contributed by atoms with Gasteiger partial charge in [0.25, 0.3) is 5.91 Å². The van der Waals surface area contributed by atoms with Gasteiger partial charge in [-0.3, -0.25) is 4.79 Å². The van der Waals surface area contributed by atoms with E-state index in [-0.39, 0.29) is 11.9 Å². The third kappa shape index (κ3) is 4.86. The summed E-state index contributed by atoms with van der Waals surface area (Å²) in [5.41, 5.74) is 1.85. The van der Waals surface area contributed by atoms with Crippen LogP contribution in [0.4, 0.5) is 5.82 Å². The molecule has 0 aliphatic carbocycles. The van der Waals surface area contributed by atoms with Crippen LogP contribution >= 0.6 is 11.3 Å². The third-order valence-corrected chi connectivity index (χ3v) is 3.81. The minimum Gasteiger partial charge on any atom is -0.370 e. The van der Waals surface area contributed by atoms with Gasteiger partial charge in [0.1, 0.15) is 5.82 Å². The van der Waals surface area contributed by atoms with Crippen LogP contribution in [-0.2, 0) is 6.42 Å². The molecule has 0 aliphatic rings. The Hall–Kier alpha value is -1.88. The molecular formula is C16H21N3OS. The molecule has 2 aromatic heterocycles. The first-order valence-corrected chi connectivity index (χ1v) is 8.15. The van der Waals surface area contributed by atoms with Gasteiger partial charge in [-0.1, -0.05) is 6.92 Å². The fourth-order valence-electron chi connectivity index (χ4n) is 2.01. The zero-order valence-electron chi connectivity index (χ0n) is 12.4. The molecule has 2 aromatic rings. The quantitative estimate of drug-likeness (QED) is 0.825. The molecule has 0 radical (unpaired) electrons. The Morgan fingerprint density at radius 2 is 2.24 bits per heavy atom. The summed E-state index contributed by atoms with van der Waals surface area (Å²) < 4.78 is 0. The first-order chi connectivity index (χ1) is 10.2. The first-order valence-electron chi connectivity index (χ1n) is 7.21. The van der Waals surface area contributed by atoms with Crippen LogP contribution in [0.25, 0.3) is 0 Å². The minimum atomic E-state index is -0.0766. The summed E-state index contributed by atoms with van der Waals surface area (Å²) in [6, 6.07) is 5.83. The lowest BCUT2D eigenvalue weighted by Crippen LogP contribution is -2.34. The van der Waals surface area contributed by atoms with Crippen LogP contribution < -0.4 is 10.6 Å². The van der Waals surface area contributed by atoms with E-state index in [0.717, 1.165) is 25.2 Å². The average Bonchev–Trinajstić information content (AvgIpc) is 2.98. The number of hydrogen-bond donors (Lipinski definition) is 2. The Balaban J connectivity index is 1.87. The fourth-order valence-corrected chi connectivity index (χ4v) is 2.69. The number of rotatable bonds is 7. The third-order valence-electron chi connectivity index (χ3n) is 3.08. The zero-order valence-corrected chi connectivity index (χ0v) is 13.2. The smallest absolute Gasteiger partial charge is 0.253 e. The Morgan fingerprint density at radius 3 is 2.86 bits per heavy atom. The number of hydrogen-bond acceptors (Lipinski definition) is 4. The number of carbonyl (C=O) groups is 1. The van der Waals surface area contributed by atoms with Crippen LogP contribution in [0, 0.1) is 0 Å². The molecule has 0 fully saturated rings. The van der Waals surface area contributed by atoms with E-state index >= 15 is 0 Å². The van der Waals surface area contributed by atoms with Crippen molar-refractivity contribution < 1.29 is 4.79 Å². The molecule has 0 aliphatic heterocycles. The molecular weight excluding hydrogens is 282 g/mol. The van der Waals surface area contributed by atoms with Crippen LogP contribution in [-0.4, -0.2) is 23.5 Å². The van der Waals surface area contributed by atoms with Crippen LogP contribution in [0.3, 0.4) is 0 Å². The highest BCUT2D eigenvalue weighted by atomic mass is 32.1. The van der Waals surface area contributed by atoms with Crippen molar-refractivity contribution in [2.75, 3.05) is 11.9 Å². The van der Waals surface area contributed by atoms with Crippen molar-refractivity contribution in [2.45, 2.75) is 32.7 Å². The Morgan fingerprint density at radius 1 is 1.38 bits per heavy atom. The number of aromatic nitrogens is 1. The largest absolute Gasteiger partial charge is 0.370 e. The van der Waals surface area contributed by atoms with Gasteiger partial charge in [-0.05, 0) is 54.3 Å². The molecule has 0 spiro atoms. The van der Waals surface area contributed by atoms with Crippen LogP contribution in [0.15, 0.2) is 35.2 Å². The van der Waals surface area contributed by atoms with Gasteiger partial charge < -0.3 is 10.6 Å². The fraction of sp³-hybridized carbons (Fsp3) is 0.375. The molecule has 1 amide bonds. The van der Waals surface area contributed by atoms with Gasteiger partial charge >= 0.3 is 0 Å². The van der Waals surface area contributed by atoms with Crippen molar-refractivity contribution in [2.24, 2.45) is 0 Å². The van der Waals surface area contributed by atoms with Crippen molar-refractivity contribution in [3.05, 3.63) is 46.3 Å². The van der Waals surface area contributed by atoms with E-state index in [0.29, 0.717) is 5.56 Å². The predicted octanol–water partition coefficient (Wildman–Crippen LogP) is 3.33. The Kier molecular flexibility index (Phi) is 5.75. The van der Waals surface area contributed by atoms with Gasteiger partial charge in [-0.25, -0.2) is 4.98 Å². The lowest BCUT2D eigenvalue weighted by atomic mass is 10.1. The molecule has 0 aromatic carbocycles. The Bertz CT molecular complexity index is 551. The predicted molar refractivity (Wildman–Crippen MR) is 88.0 cm³/mol. The van der Waals surface area contributed by atoms with Crippen molar-refractivity contribution >= 4 is 23.1 Å². The van der Waals surface area contributed by atoms with E-state index in [9.17, 15) is 4.79 Å². The van der Waals surface area contributed by atoms with Gasteiger partial charge in [-0.15, -0.1) is 0 Å². The second kappa shape index (κ2) is 7.78. The lowest BCUT2D eigenvalue weighted by Gasteiger charge is -2.13. The van der Waals surface area contributed by atoms with Crippen molar-refractivity contribution in [1.29, 1.82) is 0 Å². The summed E-state index contributed by atoms with van der Waals surface area (Å²) in [6.45, 7) is 5.00. The maximum atomic E-state index is 12.1. The van der Waals surface area contributed by atoms with Crippen LogP contribution in [0.5, 0.6) is 0 Å². The van der Waals surface area contributed by atoms with Gasteiger partial charge in [0, 0.05) is 18.8 Å². The zero-order chi connectivity index (χ0) is 15.1.